The Morgan fingerprint density at radius 2 is 2.24 bits per heavy atom. The van der Waals surface area contributed by atoms with Crippen LogP contribution < -0.4 is 11.1 Å². The molecule has 0 aliphatic heterocycles. The lowest BCUT2D eigenvalue weighted by Gasteiger charge is -2.38. The third-order valence-corrected chi connectivity index (χ3v) is 3.92. The summed E-state index contributed by atoms with van der Waals surface area (Å²) in [6, 6.07) is 0. The van der Waals surface area contributed by atoms with E-state index in [0.29, 0.717) is 10.4 Å². The molecule has 0 atom stereocenters. The zero-order chi connectivity index (χ0) is 12.6. The van der Waals surface area contributed by atoms with Crippen molar-refractivity contribution in [1.29, 1.82) is 0 Å². The van der Waals surface area contributed by atoms with E-state index >= 15 is 0 Å². The Hall–Kier alpha value is -1.10. The average molecular weight is 252 g/mol. The summed E-state index contributed by atoms with van der Waals surface area (Å²) in [4.78, 5) is 0.414. The summed E-state index contributed by atoms with van der Waals surface area (Å²) in [5, 5.41) is 7.82. The van der Waals surface area contributed by atoms with E-state index in [-0.39, 0.29) is 0 Å². The SMILES string of the molecule is Cc1nn(C)c(NCC2(C)CCC2)c1C(N)=S. The standard InChI is InChI=1S/C12H20N4S/c1-8-9(10(13)17)11(16(3)15-8)14-7-12(2)5-4-6-12/h14H,4-7H2,1-3H3,(H2,13,17). The number of nitrogens with two attached hydrogens (primary N) is 1. The van der Waals surface area contributed by atoms with E-state index in [0.717, 1.165) is 23.6 Å². The van der Waals surface area contributed by atoms with Gasteiger partial charge >= 0.3 is 0 Å². The van der Waals surface area contributed by atoms with Crippen molar-refractivity contribution in [3.63, 3.8) is 0 Å². The van der Waals surface area contributed by atoms with E-state index in [1.807, 2.05) is 18.7 Å². The van der Waals surface area contributed by atoms with Crippen LogP contribution in [0, 0.1) is 12.3 Å². The highest BCUT2D eigenvalue weighted by Crippen LogP contribution is 2.40. The number of hydrogen-bond donors (Lipinski definition) is 2. The Morgan fingerprint density at radius 3 is 2.71 bits per heavy atom. The quantitative estimate of drug-likeness (QED) is 0.804. The first-order chi connectivity index (χ1) is 7.93. The van der Waals surface area contributed by atoms with Gasteiger partial charge in [-0.05, 0) is 25.2 Å². The molecule has 1 heterocycles. The van der Waals surface area contributed by atoms with E-state index in [1.54, 1.807) is 0 Å². The number of anilines is 1. The monoisotopic (exact) mass is 252 g/mol. The van der Waals surface area contributed by atoms with Crippen molar-refractivity contribution in [3.8, 4) is 0 Å². The molecule has 17 heavy (non-hydrogen) atoms. The summed E-state index contributed by atoms with van der Waals surface area (Å²) in [5.74, 6) is 0.947. The molecule has 0 bridgehead atoms. The summed E-state index contributed by atoms with van der Waals surface area (Å²) in [6.45, 7) is 5.21. The van der Waals surface area contributed by atoms with Crippen LogP contribution in [-0.2, 0) is 7.05 Å². The molecular formula is C12H20N4S. The molecule has 1 aliphatic rings. The van der Waals surface area contributed by atoms with E-state index < -0.39 is 0 Å². The molecule has 5 heteroatoms. The van der Waals surface area contributed by atoms with Crippen LogP contribution in [0.15, 0.2) is 0 Å². The lowest BCUT2D eigenvalue weighted by Crippen LogP contribution is -2.34. The van der Waals surface area contributed by atoms with Gasteiger partial charge in [0, 0.05) is 13.6 Å². The summed E-state index contributed by atoms with van der Waals surface area (Å²) in [7, 11) is 1.92. The second-order valence-electron chi connectivity index (χ2n) is 5.31. The second-order valence-corrected chi connectivity index (χ2v) is 5.75. The van der Waals surface area contributed by atoms with Crippen molar-refractivity contribution in [2.45, 2.75) is 33.1 Å². The highest BCUT2D eigenvalue weighted by Gasteiger charge is 2.32. The van der Waals surface area contributed by atoms with Crippen molar-refractivity contribution >= 4 is 23.0 Å². The maximum absolute atomic E-state index is 5.75. The number of thiocarbonyl (C=S) groups is 1. The fourth-order valence-electron chi connectivity index (χ4n) is 2.41. The van der Waals surface area contributed by atoms with E-state index in [2.05, 4.69) is 17.3 Å². The lowest BCUT2D eigenvalue weighted by molar-refractivity contribution is 0.179. The van der Waals surface area contributed by atoms with E-state index in [4.69, 9.17) is 18.0 Å². The van der Waals surface area contributed by atoms with Gasteiger partial charge in [-0.3, -0.25) is 4.68 Å². The minimum Gasteiger partial charge on any atom is -0.389 e. The maximum atomic E-state index is 5.75. The molecule has 0 amide bonds. The molecule has 0 unspecified atom stereocenters. The third-order valence-electron chi connectivity index (χ3n) is 3.71. The van der Waals surface area contributed by atoms with Crippen LogP contribution in [0.4, 0.5) is 5.82 Å². The van der Waals surface area contributed by atoms with Crippen LogP contribution in [0.1, 0.15) is 37.4 Å². The molecule has 0 radical (unpaired) electrons. The van der Waals surface area contributed by atoms with Gasteiger partial charge in [0.15, 0.2) is 0 Å². The highest BCUT2D eigenvalue weighted by molar-refractivity contribution is 7.80. The van der Waals surface area contributed by atoms with Crippen LogP contribution in [-0.4, -0.2) is 21.3 Å². The number of nitrogens with one attached hydrogen (secondary N) is 1. The minimum absolute atomic E-state index is 0.414. The molecule has 1 aromatic rings. The van der Waals surface area contributed by atoms with E-state index in [9.17, 15) is 0 Å². The summed E-state index contributed by atoms with van der Waals surface area (Å²) >= 11 is 5.08. The molecule has 2 rings (SSSR count). The molecule has 1 saturated carbocycles. The van der Waals surface area contributed by atoms with Crippen LogP contribution in [0.5, 0.6) is 0 Å². The Kier molecular flexibility index (Phi) is 3.12. The molecular weight excluding hydrogens is 232 g/mol. The molecule has 1 fully saturated rings. The predicted octanol–water partition coefficient (Wildman–Crippen LogP) is 1.96. The van der Waals surface area contributed by atoms with Gasteiger partial charge in [0.1, 0.15) is 10.8 Å². The highest BCUT2D eigenvalue weighted by atomic mass is 32.1. The first-order valence-electron chi connectivity index (χ1n) is 6.00. The van der Waals surface area contributed by atoms with Gasteiger partial charge < -0.3 is 11.1 Å². The normalized spacial score (nSPS) is 17.6. The number of aryl methyl sites for hydroxylation is 2. The topological polar surface area (TPSA) is 55.9 Å². The first kappa shape index (κ1) is 12.4. The van der Waals surface area contributed by atoms with Crippen molar-refractivity contribution in [2.75, 3.05) is 11.9 Å². The Labute approximate surface area is 108 Å². The summed E-state index contributed by atoms with van der Waals surface area (Å²) in [5.41, 5.74) is 7.95. The van der Waals surface area contributed by atoms with Gasteiger partial charge in [-0.2, -0.15) is 5.10 Å². The molecule has 94 valence electrons. The summed E-state index contributed by atoms with van der Waals surface area (Å²) < 4.78 is 1.83. The minimum atomic E-state index is 0.414. The zero-order valence-electron chi connectivity index (χ0n) is 10.7. The molecule has 0 spiro atoms. The molecule has 0 aromatic carbocycles. The van der Waals surface area contributed by atoms with Crippen LogP contribution >= 0.6 is 12.2 Å². The number of nitrogens with zero attached hydrogens (tertiary/aromatic N) is 2. The molecule has 0 saturated heterocycles. The Balaban J connectivity index is 2.17. The fourth-order valence-corrected chi connectivity index (χ4v) is 2.65. The fraction of sp³-hybridized carbons (Fsp3) is 0.667. The van der Waals surface area contributed by atoms with Crippen molar-refractivity contribution in [1.82, 2.24) is 9.78 Å². The second kappa shape index (κ2) is 4.29. The number of rotatable bonds is 4. The average Bonchev–Trinajstić information content (AvgIpc) is 2.47. The summed E-state index contributed by atoms with van der Waals surface area (Å²) in [6.07, 6.45) is 3.92. The van der Waals surface area contributed by atoms with Gasteiger partial charge in [0.2, 0.25) is 0 Å². The lowest BCUT2D eigenvalue weighted by atomic mass is 9.70. The Bertz CT molecular complexity index is 446. The third kappa shape index (κ3) is 2.29. The molecule has 4 nitrogen and oxygen atoms in total. The van der Waals surface area contributed by atoms with Crippen LogP contribution in [0.25, 0.3) is 0 Å². The van der Waals surface area contributed by atoms with E-state index in [1.165, 1.54) is 19.3 Å². The first-order valence-corrected chi connectivity index (χ1v) is 6.41. The van der Waals surface area contributed by atoms with Crippen molar-refractivity contribution in [2.24, 2.45) is 18.2 Å². The van der Waals surface area contributed by atoms with Gasteiger partial charge in [-0.25, -0.2) is 0 Å². The van der Waals surface area contributed by atoms with Crippen molar-refractivity contribution < 1.29 is 0 Å². The largest absolute Gasteiger partial charge is 0.389 e. The van der Waals surface area contributed by atoms with Gasteiger partial charge in [0.05, 0.1) is 11.3 Å². The number of aromatic nitrogens is 2. The van der Waals surface area contributed by atoms with Crippen LogP contribution in [0.2, 0.25) is 0 Å². The smallest absolute Gasteiger partial charge is 0.134 e. The van der Waals surface area contributed by atoms with Gasteiger partial charge in [0.25, 0.3) is 0 Å². The zero-order valence-corrected chi connectivity index (χ0v) is 11.5. The van der Waals surface area contributed by atoms with Crippen molar-refractivity contribution in [3.05, 3.63) is 11.3 Å². The molecule has 1 aromatic heterocycles. The Morgan fingerprint density at radius 1 is 1.59 bits per heavy atom. The predicted molar refractivity (Wildman–Crippen MR) is 74.3 cm³/mol. The number of hydrogen-bond acceptors (Lipinski definition) is 3. The maximum Gasteiger partial charge on any atom is 0.134 e. The van der Waals surface area contributed by atoms with Gasteiger partial charge in [-0.15, -0.1) is 0 Å². The van der Waals surface area contributed by atoms with Gasteiger partial charge in [-0.1, -0.05) is 25.6 Å². The van der Waals surface area contributed by atoms with Crippen LogP contribution in [0.3, 0.4) is 0 Å². The molecule has 1 aliphatic carbocycles. The molecule has 3 N–H and O–H groups in total.